The van der Waals surface area contributed by atoms with Crippen molar-refractivity contribution in [2.75, 3.05) is 37.1 Å². The van der Waals surface area contributed by atoms with E-state index in [-0.39, 0.29) is 24.0 Å². The Hall–Kier alpha value is -5.08. The van der Waals surface area contributed by atoms with Gasteiger partial charge in [0.05, 0.1) is 42.5 Å². The summed E-state index contributed by atoms with van der Waals surface area (Å²) in [6.07, 6.45) is 0. The molecule has 0 radical (unpaired) electrons. The summed E-state index contributed by atoms with van der Waals surface area (Å²) < 4.78 is 21.9. The first kappa shape index (κ1) is 32.8. The highest BCUT2D eigenvalue weighted by Gasteiger charge is 2.56. The number of esters is 1. The number of imide groups is 1. The van der Waals surface area contributed by atoms with Crippen molar-refractivity contribution < 1.29 is 38.1 Å². The minimum atomic E-state index is -0.831. The van der Waals surface area contributed by atoms with E-state index in [1.165, 1.54) is 12.1 Å². The Morgan fingerprint density at radius 2 is 1.65 bits per heavy atom. The van der Waals surface area contributed by atoms with Crippen LogP contribution in [-0.4, -0.2) is 60.9 Å². The summed E-state index contributed by atoms with van der Waals surface area (Å²) in [4.78, 5) is 69.6. The van der Waals surface area contributed by atoms with Gasteiger partial charge < -0.3 is 29.2 Å². The summed E-state index contributed by atoms with van der Waals surface area (Å²) in [6, 6.07) is 18.1. The summed E-state index contributed by atoms with van der Waals surface area (Å²) >= 11 is 2.16. The number of nitrogens with one attached hydrogen (secondary N) is 2. The van der Waals surface area contributed by atoms with E-state index >= 15 is 0 Å². The second-order valence-corrected chi connectivity index (χ2v) is 12.9. The number of anilines is 2. The Kier molecular flexibility index (Phi) is 9.55. The van der Waals surface area contributed by atoms with Gasteiger partial charge in [-0.2, -0.15) is 0 Å². The van der Waals surface area contributed by atoms with E-state index in [0.29, 0.717) is 56.3 Å². The van der Waals surface area contributed by atoms with Gasteiger partial charge in [0.1, 0.15) is 11.0 Å². The quantitative estimate of drug-likeness (QED) is 0.165. The lowest BCUT2D eigenvalue weighted by Crippen LogP contribution is -2.32. The van der Waals surface area contributed by atoms with Gasteiger partial charge in [0, 0.05) is 16.5 Å². The molecule has 0 spiro atoms. The van der Waals surface area contributed by atoms with Crippen LogP contribution in [0.1, 0.15) is 40.6 Å². The van der Waals surface area contributed by atoms with E-state index in [1.807, 2.05) is 0 Å². The van der Waals surface area contributed by atoms with Crippen LogP contribution in [0.15, 0.2) is 76.6 Å². The molecule has 248 valence electrons. The van der Waals surface area contributed by atoms with E-state index in [4.69, 9.17) is 18.9 Å². The van der Waals surface area contributed by atoms with Gasteiger partial charge in [0.25, 0.3) is 5.91 Å². The molecule has 6 rings (SSSR count). The van der Waals surface area contributed by atoms with Gasteiger partial charge >= 0.3 is 10.8 Å². The van der Waals surface area contributed by atoms with Crippen molar-refractivity contribution in [3.63, 3.8) is 0 Å². The zero-order valence-electron chi connectivity index (χ0n) is 26.1. The number of methoxy groups -OCH3 is 1. The third-order valence-electron chi connectivity index (χ3n) is 7.82. The van der Waals surface area contributed by atoms with Crippen molar-refractivity contribution in [3.05, 3.63) is 92.4 Å². The number of thiazole rings is 1. The standard InChI is InChI=1S/C34H31N3O9S2/c1-4-44-24-16-19(8-15-23(24)46-17-25(38)35-20-9-13-22(43-3)14-10-20)26-27-29(47-30-28(26)48-34(42)36-30)32(40)37(31(27)39)21-11-6-18(7-12-21)33(41)45-5-2/h6-16,26-27,29H,4-5,17H2,1-3H3,(H,35,38)(H,36,42)/t26-,27-,29+/m0/s1. The van der Waals surface area contributed by atoms with Crippen LogP contribution >= 0.6 is 23.1 Å². The van der Waals surface area contributed by atoms with E-state index in [2.05, 4.69) is 10.3 Å². The number of H-pyrrole nitrogens is 1. The van der Waals surface area contributed by atoms with Crippen LogP contribution in [0, 0.1) is 5.92 Å². The Morgan fingerprint density at radius 3 is 2.33 bits per heavy atom. The number of carbonyl (C=O) groups is 4. The van der Waals surface area contributed by atoms with Crippen LogP contribution < -0.4 is 29.3 Å². The SMILES string of the molecule is CCOC(=O)c1ccc(N2C(=O)[C@H]3[C@H](c4ccc(OCC(=O)Nc5ccc(OC)cc5)c(OCC)c4)c4sc(=O)[nH]c4S[C@H]3C2=O)cc1. The van der Waals surface area contributed by atoms with Crippen LogP contribution in [0.4, 0.5) is 11.4 Å². The number of amides is 3. The second kappa shape index (κ2) is 14.0. The van der Waals surface area contributed by atoms with Gasteiger partial charge in [0.2, 0.25) is 11.8 Å². The number of rotatable bonds is 11. The average Bonchev–Trinajstić information content (AvgIpc) is 3.58. The Labute approximate surface area is 283 Å². The number of hydrogen-bond acceptors (Lipinski definition) is 11. The number of ether oxygens (including phenoxy) is 4. The largest absolute Gasteiger partial charge is 0.497 e. The number of aromatic nitrogens is 1. The molecule has 14 heteroatoms. The summed E-state index contributed by atoms with van der Waals surface area (Å²) in [6.45, 7) is 3.73. The molecule has 1 fully saturated rings. The summed E-state index contributed by atoms with van der Waals surface area (Å²) in [5, 5.41) is 2.49. The van der Waals surface area contributed by atoms with Crippen molar-refractivity contribution >= 4 is 58.2 Å². The minimum absolute atomic E-state index is 0.218. The average molecular weight is 690 g/mol. The summed E-state index contributed by atoms with van der Waals surface area (Å²) in [5.41, 5.74) is 1.85. The lowest BCUT2D eigenvalue weighted by molar-refractivity contribution is -0.122. The Morgan fingerprint density at radius 1 is 0.896 bits per heavy atom. The molecule has 3 aromatic carbocycles. The predicted molar refractivity (Wildman–Crippen MR) is 180 cm³/mol. The molecule has 2 N–H and O–H groups in total. The van der Waals surface area contributed by atoms with Crippen molar-refractivity contribution in [2.24, 2.45) is 5.92 Å². The van der Waals surface area contributed by atoms with Crippen molar-refractivity contribution in [1.29, 1.82) is 0 Å². The molecule has 3 atom stereocenters. The highest BCUT2D eigenvalue weighted by atomic mass is 32.2. The first-order valence-corrected chi connectivity index (χ1v) is 16.8. The third kappa shape index (κ3) is 6.40. The van der Waals surface area contributed by atoms with Gasteiger partial charge in [-0.25, -0.2) is 9.69 Å². The van der Waals surface area contributed by atoms with Crippen LogP contribution in [0.25, 0.3) is 0 Å². The number of thioether (sulfide) groups is 1. The fourth-order valence-corrected chi connectivity index (χ4v) is 8.23. The second-order valence-electron chi connectivity index (χ2n) is 10.7. The smallest absolute Gasteiger partial charge is 0.338 e. The molecule has 1 aromatic heterocycles. The van der Waals surface area contributed by atoms with Gasteiger partial charge in [-0.1, -0.05) is 29.2 Å². The van der Waals surface area contributed by atoms with E-state index < -0.39 is 34.9 Å². The minimum Gasteiger partial charge on any atom is -0.497 e. The van der Waals surface area contributed by atoms with Gasteiger partial charge in [-0.15, -0.1) is 0 Å². The lowest BCUT2D eigenvalue weighted by Gasteiger charge is -2.30. The molecular weight excluding hydrogens is 659 g/mol. The lowest BCUT2D eigenvalue weighted by atomic mass is 9.83. The first-order chi connectivity index (χ1) is 23.2. The molecule has 3 amide bonds. The van der Waals surface area contributed by atoms with Crippen LogP contribution in [0.3, 0.4) is 0 Å². The first-order valence-electron chi connectivity index (χ1n) is 15.1. The molecular formula is C34H31N3O9S2. The molecule has 0 unspecified atom stereocenters. The van der Waals surface area contributed by atoms with Crippen molar-refractivity contribution in [1.82, 2.24) is 4.98 Å². The zero-order chi connectivity index (χ0) is 33.9. The molecule has 2 aliphatic heterocycles. The third-order valence-corrected chi connectivity index (χ3v) is 10.2. The fraction of sp³-hybridized carbons (Fsp3) is 0.265. The molecule has 2 aliphatic rings. The molecule has 48 heavy (non-hydrogen) atoms. The molecule has 0 bridgehead atoms. The highest BCUT2D eigenvalue weighted by molar-refractivity contribution is 8.00. The predicted octanol–water partition coefficient (Wildman–Crippen LogP) is 4.83. The number of hydrogen-bond donors (Lipinski definition) is 2. The Bertz CT molecular complexity index is 1920. The fourth-order valence-electron chi connectivity index (χ4n) is 5.71. The zero-order valence-corrected chi connectivity index (χ0v) is 27.8. The number of aromatic amines is 1. The Balaban J connectivity index is 1.27. The maximum Gasteiger partial charge on any atom is 0.338 e. The van der Waals surface area contributed by atoms with E-state index in [1.54, 1.807) is 75.6 Å². The molecule has 0 aliphatic carbocycles. The van der Waals surface area contributed by atoms with Crippen LogP contribution in [-0.2, 0) is 19.1 Å². The molecule has 0 saturated carbocycles. The summed E-state index contributed by atoms with van der Waals surface area (Å²) in [7, 11) is 1.56. The van der Waals surface area contributed by atoms with Gasteiger partial charge in [-0.05, 0) is 80.1 Å². The summed E-state index contributed by atoms with van der Waals surface area (Å²) in [5.74, 6) is -1.90. The maximum atomic E-state index is 14.1. The van der Waals surface area contributed by atoms with Gasteiger partial charge in [-0.3, -0.25) is 19.2 Å². The topological polar surface area (TPSA) is 153 Å². The molecule has 4 aromatic rings. The molecule has 3 heterocycles. The monoisotopic (exact) mass is 689 g/mol. The maximum absolute atomic E-state index is 14.1. The number of fused-ring (bicyclic) bond motifs is 2. The number of nitrogens with zero attached hydrogens (tertiary/aromatic N) is 1. The van der Waals surface area contributed by atoms with E-state index in [0.717, 1.165) is 28.0 Å². The number of benzene rings is 3. The van der Waals surface area contributed by atoms with Crippen LogP contribution in [0.2, 0.25) is 0 Å². The molecule has 1 saturated heterocycles. The van der Waals surface area contributed by atoms with Gasteiger partial charge in [0.15, 0.2) is 18.1 Å². The number of carbonyl (C=O) groups excluding carboxylic acids is 4. The highest BCUT2D eigenvalue weighted by Crippen LogP contribution is 2.53. The van der Waals surface area contributed by atoms with Crippen molar-refractivity contribution in [2.45, 2.75) is 30.0 Å². The van der Waals surface area contributed by atoms with Crippen molar-refractivity contribution in [3.8, 4) is 17.2 Å². The molecule has 12 nitrogen and oxygen atoms in total. The normalized spacial score (nSPS) is 18.1. The van der Waals surface area contributed by atoms with E-state index in [9.17, 15) is 24.0 Å². The van der Waals surface area contributed by atoms with Crippen LogP contribution in [0.5, 0.6) is 17.2 Å².